The van der Waals surface area contributed by atoms with E-state index < -0.39 is 16.6 Å². The van der Waals surface area contributed by atoms with E-state index in [4.69, 9.17) is 0 Å². The van der Waals surface area contributed by atoms with Gasteiger partial charge in [-0.2, -0.15) is 0 Å². The predicted octanol–water partition coefficient (Wildman–Crippen LogP) is 4.67. The van der Waals surface area contributed by atoms with E-state index in [0.29, 0.717) is 0 Å². The van der Waals surface area contributed by atoms with Gasteiger partial charge in [-0.15, -0.1) is 0 Å². The summed E-state index contributed by atoms with van der Waals surface area (Å²) in [6.45, 7) is 14.6. The van der Waals surface area contributed by atoms with Crippen molar-refractivity contribution >= 4 is 0 Å². The van der Waals surface area contributed by atoms with E-state index in [0.717, 1.165) is 8.45 Å². The van der Waals surface area contributed by atoms with Crippen molar-refractivity contribution in [3.05, 3.63) is 0 Å². The molecule has 0 aliphatic rings. The third kappa shape index (κ3) is 2.32. The van der Waals surface area contributed by atoms with E-state index >= 15 is 0 Å². The summed E-state index contributed by atoms with van der Waals surface area (Å²) in [5.74, 6) is 0. The van der Waals surface area contributed by atoms with Crippen LogP contribution in [-0.2, 0) is 16.6 Å². The molecule has 0 aliphatic carbocycles. The fourth-order valence-corrected chi connectivity index (χ4v) is 10.5. The van der Waals surface area contributed by atoms with E-state index in [9.17, 15) is 0 Å². The molecule has 0 rings (SSSR count). The molecule has 0 heterocycles. The molecule has 0 saturated heterocycles. The normalized spacial score (nSPS) is 13.1. The van der Waals surface area contributed by atoms with Crippen LogP contribution in [0.4, 0.5) is 0 Å². The first kappa shape index (κ1) is 11.7. The molecule has 0 aromatic rings. The second-order valence-electron chi connectivity index (χ2n) is 4.25. The van der Waals surface area contributed by atoms with Crippen molar-refractivity contribution in [3.8, 4) is 0 Å². The summed E-state index contributed by atoms with van der Waals surface area (Å²) in [6.07, 6.45) is 0. The molecule has 0 atom stereocenters. The van der Waals surface area contributed by atoms with Crippen LogP contribution in [-0.4, -0.2) is 0 Å². The first-order valence-electron chi connectivity index (χ1n) is 5.01. The summed E-state index contributed by atoms with van der Waals surface area (Å²) in [5, 5.41) is 0. The van der Waals surface area contributed by atoms with Gasteiger partial charge in [-0.25, -0.2) is 0 Å². The first-order valence-corrected chi connectivity index (χ1v) is 9.02. The minimum absolute atomic E-state index is 1.00. The Labute approximate surface area is 76.1 Å². The molecule has 0 unspecified atom stereocenters. The molecule has 68 valence electrons. The van der Waals surface area contributed by atoms with Gasteiger partial charge in [0, 0.05) is 0 Å². The summed E-state index contributed by atoms with van der Waals surface area (Å²) in [6, 6.07) is 0. The van der Waals surface area contributed by atoms with Crippen molar-refractivity contribution in [2.45, 2.75) is 59.4 Å². The molecule has 0 saturated carbocycles. The van der Waals surface area contributed by atoms with Crippen molar-refractivity contribution < 1.29 is 16.6 Å². The molecular weight excluding hydrogens is 168 g/mol. The summed E-state index contributed by atoms with van der Waals surface area (Å²) >= 11 is -1.42. The topological polar surface area (TPSA) is 0 Å². The van der Waals surface area contributed by atoms with Crippen molar-refractivity contribution in [1.29, 1.82) is 0 Å². The molecule has 0 radical (unpaired) electrons. The van der Waals surface area contributed by atoms with E-state index in [1.165, 1.54) is 9.45 Å². The van der Waals surface area contributed by atoms with E-state index in [1.54, 1.807) is 0 Å². The van der Waals surface area contributed by atoms with Crippen molar-refractivity contribution in [2.75, 3.05) is 0 Å². The molecule has 0 aliphatic heterocycles. The van der Waals surface area contributed by atoms with Gasteiger partial charge in [0.15, 0.2) is 0 Å². The third-order valence-electron chi connectivity index (χ3n) is 3.62. The molecule has 11 heavy (non-hydrogen) atoms. The Hall–Kier alpha value is 0.714. The van der Waals surface area contributed by atoms with Gasteiger partial charge in [-0.05, 0) is 0 Å². The number of rotatable bonds is 4. The van der Waals surface area contributed by atoms with Crippen LogP contribution in [0.3, 0.4) is 0 Å². The fourth-order valence-electron chi connectivity index (χ4n) is 2.55. The standard InChI is InChI=1S/2C3H7.2C2H5.Ti/c2*1-3-2;2*1-2;/h2*3H,1-2H3;2*1H2,2H3;. The molecule has 1 heteroatoms. The zero-order valence-electron chi connectivity index (χ0n) is 9.07. The van der Waals surface area contributed by atoms with Gasteiger partial charge >= 0.3 is 76.0 Å². The van der Waals surface area contributed by atoms with Crippen LogP contribution in [0.2, 0.25) is 17.9 Å². The minimum atomic E-state index is -1.42. The van der Waals surface area contributed by atoms with Crippen molar-refractivity contribution in [2.24, 2.45) is 0 Å². The number of hydrogen-bond acceptors (Lipinski definition) is 0. The molecular formula is C10H24Ti. The molecule has 0 bridgehead atoms. The molecule has 0 aromatic carbocycles. The van der Waals surface area contributed by atoms with Crippen molar-refractivity contribution in [1.82, 2.24) is 0 Å². The van der Waals surface area contributed by atoms with Crippen LogP contribution in [0.5, 0.6) is 0 Å². The maximum atomic E-state index is 2.44. The predicted molar refractivity (Wildman–Crippen MR) is 51.2 cm³/mol. The maximum absolute atomic E-state index is 2.44. The SMILES string of the molecule is C[CH2][Ti]([CH2]C)([CH](C)C)[CH](C)C. The Kier molecular flexibility index (Phi) is 4.97. The van der Waals surface area contributed by atoms with Gasteiger partial charge in [0.1, 0.15) is 0 Å². The summed E-state index contributed by atoms with van der Waals surface area (Å²) in [7, 11) is 0. The molecule has 0 fully saturated rings. The van der Waals surface area contributed by atoms with Gasteiger partial charge in [0.2, 0.25) is 0 Å². The number of hydrogen-bond donors (Lipinski definition) is 0. The van der Waals surface area contributed by atoms with Crippen LogP contribution in [0, 0.1) is 0 Å². The molecule has 0 N–H and O–H groups in total. The first-order chi connectivity index (χ1) is 5.01. The Balaban J connectivity index is 4.46. The van der Waals surface area contributed by atoms with Gasteiger partial charge in [0.05, 0.1) is 0 Å². The molecule has 0 spiro atoms. The quantitative estimate of drug-likeness (QED) is 0.567. The van der Waals surface area contributed by atoms with Gasteiger partial charge in [-0.1, -0.05) is 0 Å². The third-order valence-corrected chi connectivity index (χ3v) is 14.9. The average molecular weight is 192 g/mol. The Morgan fingerprint density at radius 2 is 1.09 bits per heavy atom. The Morgan fingerprint density at radius 3 is 1.09 bits per heavy atom. The van der Waals surface area contributed by atoms with Crippen LogP contribution in [0.25, 0.3) is 0 Å². The summed E-state index contributed by atoms with van der Waals surface area (Å²) in [4.78, 5) is 0. The Morgan fingerprint density at radius 1 is 0.818 bits per heavy atom. The molecule has 0 nitrogen and oxygen atoms in total. The van der Waals surface area contributed by atoms with Gasteiger partial charge in [0.25, 0.3) is 0 Å². The van der Waals surface area contributed by atoms with E-state index in [2.05, 4.69) is 41.5 Å². The molecule has 0 aromatic heterocycles. The van der Waals surface area contributed by atoms with Crippen molar-refractivity contribution in [3.63, 3.8) is 0 Å². The van der Waals surface area contributed by atoms with Crippen LogP contribution < -0.4 is 0 Å². The van der Waals surface area contributed by atoms with E-state index in [-0.39, 0.29) is 0 Å². The van der Waals surface area contributed by atoms with Crippen LogP contribution in [0.15, 0.2) is 0 Å². The average Bonchev–Trinajstić information content (AvgIpc) is 1.90. The zero-order valence-corrected chi connectivity index (χ0v) is 10.6. The van der Waals surface area contributed by atoms with Crippen LogP contribution in [0.1, 0.15) is 41.5 Å². The summed E-state index contributed by atoms with van der Waals surface area (Å²) in [5.41, 5.74) is 0. The van der Waals surface area contributed by atoms with Crippen LogP contribution >= 0.6 is 0 Å². The fraction of sp³-hybridized carbons (Fsp3) is 1.00. The summed E-state index contributed by atoms with van der Waals surface area (Å²) < 4.78 is 5.02. The Bertz CT molecular complexity index is 91.4. The van der Waals surface area contributed by atoms with Gasteiger partial charge in [-0.3, -0.25) is 0 Å². The second kappa shape index (κ2) is 4.67. The van der Waals surface area contributed by atoms with E-state index in [1.807, 2.05) is 0 Å². The second-order valence-corrected chi connectivity index (χ2v) is 13.9. The monoisotopic (exact) mass is 192 g/mol. The van der Waals surface area contributed by atoms with Gasteiger partial charge < -0.3 is 0 Å². The zero-order chi connectivity index (χ0) is 9.07. The molecule has 0 amide bonds.